The Balaban J connectivity index is 1.94. The molecule has 0 saturated heterocycles. The van der Waals surface area contributed by atoms with Crippen molar-refractivity contribution in [1.29, 1.82) is 0 Å². The van der Waals surface area contributed by atoms with E-state index in [9.17, 15) is 18.0 Å². The Hall–Kier alpha value is -2.90. The molecule has 2 aromatic heterocycles. The average molecular weight is 362 g/mol. The summed E-state index contributed by atoms with van der Waals surface area (Å²) in [6.07, 6.45) is -4.36. The highest BCUT2D eigenvalue weighted by Gasteiger charge is 2.30. The molecule has 26 heavy (non-hydrogen) atoms. The van der Waals surface area contributed by atoms with Crippen LogP contribution < -0.4 is 5.56 Å². The van der Waals surface area contributed by atoms with Crippen LogP contribution in [0.1, 0.15) is 35.5 Å². The molecule has 2 heterocycles. The molecule has 1 N–H and O–H groups in total. The van der Waals surface area contributed by atoms with Crippen molar-refractivity contribution >= 4 is 0 Å². The van der Waals surface area contributed by atoms with Gasteiger partial charge in [0.15, 0.2) is 0 Å². The molecule has 0 aliphatic carbocycles. The normalized spacial score (nSPS) is 13.0. The second-order valence-electron chi connectivity index (χ2n) is 6.14. The number of nitrogens with zero attached hydrogens (tertiary/aromatic N) is 3. The van der Waals surface area contributed by atoms with Crippen molar-refractivity contribution in [3.05, 3.63) is 69.4 Å². The Morgan fingerprint density at radius 3 is 2.38 bits per heavy atom. The minimum atomic E-state index is -4.36. The first kappa shape index (κ1) is 17.9. The largest absolute Gasteiger partial charge is 0.416 e. The molecule has 0 spiro atoms. The molecule has 0 fully saturated rings. The lowest BCUT2D eigenvalue weighted by atomic mass is 9.96. The third kappa shape index (κ3) is 3.54. The van der Waals surface area contributed by atoms with Crippen LogP contribution in [0.4, 0.5) is 13.2 Å². The molecule has 3 aromatic rings. The average Bonchev–Trinajstić information content (AvgIpc) is 2.94. The predicted octanol–water partition coefficient (Wildman–Crippen LogP) is 3.65. The summed E-state index contributed by atoms with van der Waals surface area (Å²) >= 11 is 0. The Morgan fingerprint density at radius 2 is 1.81 bits per heavy atom. The summed E-state index contributed by atoms with van der Waals surface area (Å²) < 4.78 is 39.7. The number of alkyl halides is 3. The van der Waals surface area contributed by atoms with Crippen LogP contribution in [0.25, 0.3) is 11.4 Å². The van der Waals surface area contributed by atoms with Gasteiger partial charge in [-0.25, -0.2) is 4.98 Å². The van der Waals surface area contributed by atoms with Crippen LogP contribution in [0.2, 0.25) is 0 Å². The maximum Gasteiger partial charge on any atom is 0.416 e. The zero-order chi connectivity index (χ0) is 19.1. The minimum absolute atomic E-state index is 0.208. The van der Waals surface area contributed by atoms with E-state index in [2.05, 4.69) is 15.1 Å². The summed E-state index contributed by atoms with van der Waals surface area (Å²) in [4.78, 5) is 18.5. The van der Waals surface area contributed by atoms with Gasteiger partial charge >= 0.3 is 6.18 Å². The highest BCUT2D eigenvalue weighted by molar-refractivity contribution is 5.55. The van der Waals surface area contributed by atoms with Gasteiger partial charge in [-0.05, 0) is 30.7 Å². The zero-order valence-corrected chi connectivity index (χ0v) is 14.4. The van der Waals surface area contributed by atoms with Crippen molar-refractivity contribution in [3.63, 3.8) is 0 Å². The van der Waals surface area contributed by atoms with Crippen molar-refractivity contribution in [2.45, 2.75) is 25.9 Å². The molecule has 0 radical (unpaired) electrons. The molecule has 8 heteroatoms. The van der Waals surface area contributed by atoms with Gasteiger partial charge in [0.2, 0.25) is 0 Å². The number of nitrogens with one attached hydrogen (secondary N) is 1. The maximum absolute atomic E-state index is 12.7. The Labute approximate surface area is 147 Å². The van der Waals surface area contributed by atoms with Crippen molar-refractivity contribution < 1.29 is 13.2 Å². The number of aromatic nitrogens is 4. The molecule has 1 unspecified atom stereocenters. The summed E-state index contributed by atoms with van der Waals surface area (Å²) in [5.74, 6) is 0.284. The van der Waals surface area contributed by atoms with Gasteiger partial charge in [0.25, 0.3) is 5.56 Å². The summed E-state index contributed by atoms with van der Waals surface area (Å²) in [5.41, 5.74) is 1.61. The number of rotatable bonds is 3. The fraction of sp³-hybridized carbons (Fsp3) is 0.278. The number of aryl methyl sites for hydroxylation is 2. The number of benzene rings is 1. The molecule has 0 bridgehead atoms. The van der Waals surface area contributed by atoms with E-state index in [0.717, 1.165) is 17.7 Å². The van der Waals surface area contributed by atoms with Crippen LogP contribution in [0.3, 0.4) is 0 Å². The van der Waals surface area contributed by atoms with Gasteiger partial charge < -0.3 is 4.98 Å². The van der Waals surface area contributed by atoms with E-state index < -0.39 is 11.7 Å². The van der Waals surface area contributed by atoms with Gasteiger partial charge in [-0.2, -0.15) is 18.3 Å². The van der Waals surface area contributed by atoms with E-state index in [0.29, 0.717) is 22.9 Å². The highest BCUT2D eigenvalue weighted by atomic mass is 19.4. The first-order chi connectivity index (χ1) is 12.1. The molecule has 0 amide bonds. The fourth-order valence-corrected chi connectivity index (χ4v) is 2.78. The van der Waals surface area contributed by atoms with Crippen molar-refractivity contribution in [3.8, 4) is 11.4 Å². The second-order valence-corrected chi connectivity index (χ2v) is 6.14. The third-order valence-electron chi connectivity index (χ3n) is 4.20. The molecule has 136 valence electrons. The van der Waals surface area contributed by atoms with Crippen LogP contribution in [0, 0.1) is 6.92 Å². The van der Waals surface area contributed by atoms with E-state index in [4.69, 9.17) is 0 Å². The third-order valence-corrected chi connectivity index (χ3v) is 4.20. The molecule has 3 rings (SSSR count). The van der Waals surface area contributed by atoms with Crippen molar-refractivity contribution in [2.24, 2.45) is 7.05 Å². The quantitative estimate of drug-likeness (QED) is 0.774. The Bertz CT molecular complexity index is 987. The highest BCUT2D eigenvalue weighted by Crippen LogP contribution is 2.32. The van der Waals surface area contributed by atoms with Gasteiger partial charge in [-0.3, -0.25) is 9.48 Å². The SMILES string of the molecule is Cc1nc(-c2cc(C(C)c3ccc(C(F)(F)F)cc3)nn2C)cc(=O)[nH]1. The molecular formula is C18H17F3N4O. The molecule has 1 atom stereocenters. The molecule has 0 aliphatic rings. The molecule has 0 saturated carbocycles. The van der Waals surface area contributed by atoms with Crippen LogP contribution >= 0.6 is 0 Å². The molecular weight excluding hydrogens is 345 g/mol. The van der Waals surface area contributed by atoms with Gasteiger partial charge in [-0.1, -0.05) is 19.1 Å². The first-order valence-electron chi connectivity index (χ1n) is 7.94. The van der Waals surface area contributed by atoms with E-state index in [-0.39, 0.29) is 11.5 Å². The number of aromatic amines is 1. The predicted molar refractivity (Wildman–Crippen MR) is 90.8 cm³/mol. The molecule has 5 nitrogen and oxygen atoms in total. The van der Waals surface area contributed by atoms with Crippen LogP contribution in [0.15, 0.2) is 41.2 Å². The number of H-pyrrole nitrogens is 1. The van der Waals surface area contributed by atoms with Gasteiger partial charge in [0, 0.05) is 19.0 Å². The smallest absolute Gasteiger partial charge is 0.311 e. The lowest BCUT2D eigenvalue weighted by Gasteiger charge is -2.11. The van der Waals surface area contributed by atoms with E-state index in [1.54, 1.807) is 24.7 Å². The van der Waals surface area contributed by atoms with Crippen LogP contribution in [0.5, 0.6) is 0 Å². The first-order valence-corrected chi connectivity index (χ1v) is 7.94. The number of halogens is 3. The standard InChI is InChI=1S/C18H17F3N4O/c1-10(12-4-6-13(7-5-12)18(19,20)21)14-8-16(25(3)24-14)15-9-17(26)23-11(2)22-15/h4-10H,1-3H3,(H,22,23,26). The zero-order valence-electron chi connectivity index (χ0n) is 14.4. The van der Waals surface area contributed by atoms with E-state index in [1.165, 1.54) is 18.2 Å². The van der Waals surface area contributed by atoms with Gasteiger partial charge in [0.05, 0.1) is 22.6 Å². The number of hydrogen-bond acceptors (Lipinski definition) is 3. The van der Waals surface area contributed by atoms with Crippen molar-refractivity contribution in [1.82, 2.24) is 19.7 Å². The van der Waals surface area contributed by atoms with Gasteiger partial charge in [-0.15, -0.1) is 0 Å². The lowest BCUT2D eigenvalue weighted by Crippen LogP contribution is -2.09. The van der Waals surface area contributed by atoms with E-state index in [1.807, 2.05) is 6.92 Å². The molecule has 1 aromatic carbocycles. The van der Waals surface area contributed by atoms with Crippen molar-refractivity contribution in [2.75, 3.05) is 0 Å². The summed E-state index contributed by atoms with van der Waals surface area (Å²) in [5, 5.41) is 4.44. The summed E-state index contributed by atoms with van der Waals surface area (Å²) in [6.45, 7) is 3.55. The number of hydrogen-bond donors (Lipinski definition) is 1. The second kappa shape index (κ2) is 6.44. The fourth-order valence-electron chi connectivity index (χ4n) is 2.78. The maximum atomic E-state index is 12.7. The molecule has 0 aliphatic heterocycles. The monoisotopic (exact) mass is 362 g/mol. The summed E-state index contributed by atoms with van der Waals surface area (Å²) in [7, 11) is 1.73. The van der Waals surface area contributed by atoms with Crippen LogP contribution in [-0.2, 0) is 13.2 Å². The Morgan fingerprint density at radius 1 is 1.15 bits per heavy atom. The topological polar surface area (TPSA) is 63.6 Å². The van der Waals surface area contributed by atoms with E-state index >= 15 is 0 Å². The minimum Gasteiger partial charge on any atom is -0.311 e. The van der Waals surface area contributed by atoms with Crippen LogP contribution in [-0.4, -0.2) is 19.7 Å². The summed E-state index contributed by atoms with van der Waals surface area (Å²) in [6, 6.07) is 8.23. The lowest BCUT2D eigenvalue weighted by molar-refractivity contribution is -0.137. The van der Waals surface area contributed by atoms with Gasteiger partial charge in [0.1, 0.15) is 5.82 Å². The Kier molecular flexibility index (Phi) is 4.43.